The van der Waals surface area contributed by atoms with Crippen LogP contribution in [0.15, 0.2) is 30.5 Å². The number of benzene rings is 1. The lowest BCUT2D eigenvalue weighted by molar-refractivity contribution is 0.0690. The second-order valence-electron chi connectivity index (χ2n) is 4.30. The molecule has 1 aromatic carbocycles. The molecular formula is C13H13ClFN3O3. The fourth-order valence-electron chi connectivity index (χ4n) is 1.70. The quantitative estimate of drug-likeness (QED) is 0.707. The number of carboxylic acid groups (broad SMARTS) is 1. The van der Waals surface area contributed by atoms with Crippen LogP contribution >= 0.6 is 11.6 Å². The van der Waals surface area contributed by atoms with Crippen LogP contribution < -0.4 is 5.32 Å². The van der Waals surface area contributed by atoms with Gasteiger partial charge in [-0.15, -0.1) is 11.6 Å². The van der Waals surface area contributed by atoms with Gasteiger partial charge in [0.05, 0.1) is 23.4 Å². The highest BCUT2D eigenvalue weighted by molar-refractivity contribution is 6.18. The Kier molecular flexibility index (Phi) is 4.77. The summed E-state index contributed by atoms with van der Waals surface area (Å²) >= 11 is 5.50. The number of aliphatic hydroxyl groups excluding tert-OH is 1. The molecular weight excluding hydrogens is 301 g/mol. The lowest BCUT2D eigenvalue weighted by atomic mass is 10.2. The van der Waals surface area contributed by atoms with Crippen molar-refractivity contribution < 1.29 is 19.4 Å². The molecule has 21 heavy (non-hydrogen) atoms. The molecule has 0 radical (unpaired) electrons. The molecule has 3 N–H and O–H groups in total. The van der Waals surface area contributed by atoms with Gasteiger partial charge < -0.3 is 15.5 Å². The van der Waals surface area contributed by atoms with Crippen molar-refractivity contribution in [1.82, 2.24) is 9.78 Å². The van der Waals surface area contributed by atoms with Crippen LogP contribution in [-0.2, 0) is 0 Å². The van der Waals surface area contributed by atoms with Gasteiger partial charge in [0, 0.05) is 12.7 Å². The van der Waals surface area contributed by atoms with Crippen LogP contribution in [0.5, 0.6) is 0 Å². The number of carboxylic acids is 1. The third-order valence-electron chi connectivity index (χ3n) is 2.72. The van der Waals surface area contributed by atoms with Gasteiger partial charge in [0.2, 0.25) is 0 Å². The fraction of sp³-hybridized carbons (Fsp3) is 0.231. The molecule has 0 aliphatic heterocycles. The Morgan fingerprint density at radius 1 is 1.48 bits per heavy atom. The topological polar surface area (TPSA) is 87.4 Å². The van der Waals surface area contributed by atoms with Crippen LogP contribution in [0.3, 0.4) is 0 Å². The summed E-state index contributed by atoms with van der Waals surface area (Å²) in [6, 6.07) is 5.27. The van der Waals surface area contributed by atoms with E-state index >= 15 is 0 Å². The minimum atomic E-state index is -1.15. The first-order valence-corrected chi connectivity index (χ1v) is 6.61. The first kappa shape index (κ1) is 15.3. The summed E-state index contributed by atoms with van der Waals surface area (Å²) in [6.45, 7) is 0.132. The molecule has 0 amide bonds. The third-order valence-corrected chi connectivity index (χ3v) is 3.08. The normalized spacial score (nSPS) is 12.1. The first-order valence-electron chi connectivity index (χ1n) is 6.08. The Balaban J connectivity index is 2.31. The summed E-state index contributed by atoms with van der Waals surface area (Å²) < 4.78 is 14.7. The zero-order valence-electron chi connectivity index (χ0n) is 10.8. The van der Waals surface area contributed by atoms with E-state index in [4.69, 9.17) is 16.7 Å². The number of aliphatic hydroxyl groups is 1. The monoisotopic (exact) mass is 313 g/mol. The van der Waals surface area contributed by atoms with Gasteiger partial charge in [0.25, 0.3) is 0 Å². The van der Waals surface area contributed by atoms with Crippen LogP contribution in [0.4, 0.5) is 10.1 Å². The summed E-state index contributed by atoms with van der Waals surface area (Å²) in [7, 11) is 0. The zero-order chi connectivity index (χ0) is 15.4. The maximum atomic E-state index is 13.4. The van der Waals surface area contributed by atoms with E-state index in [9.17, 15) is 14.3 Å². The number of hydrogen-bond donors (Lipinski definition) is 3. The Morgan fingerprint density at radius 2 is 2.24 bits per heavy atom. The molecule has 0 aliphatic rings. The van der Waals surface area contributed by atoms with E-state index in [1.165, 1.54) is 35.1 Å². The van der Waals surface area contributed by atoms with Crippen molar-refractivity contribution in [1.29, 1.82) is 0 Å². The number of rotatable bonds is 6. The van der Waals surface area contributed by atoms with Crippen molar-refractivity contribution in [2.45, 2.75) is 6.10 Å². The number of hydrogen-bond acceptors (Lipinski definition) is 4. The van der Waals surface area contributed by atoms with E-state index in [0.29, 0.717) is 11.4 Å². The smallest absolute Gasteiger partial charge is 0.356 e. The van der Waals surface area contributed by atoms with Crippen molar-refractivity contribution in [2.24, 2.45) is 0 Å². The molecule has 1 heterocycles. The summed E-state index contributed by atoms with van der Waals surface area (Å²) in [5, 5.41) is 25.0. The third kappa shape index (κ3) is 3.71. The highest BCUT2D eigenvalue weighted by Crippen LogP contribution is 2.21. The maximum Gasteiger partial charge on any atom is 0.356 e. The highest BCUT2D eigenvalue weighted by atomic mass is 35.5. The van der Waals surface area contributed by atoms with E-state index in [0.717, 1.165) is 0 Å². The molecule has 8 heteroatoms. The number of aromatic carboxylic acids is 1. The van der Waals surface area contributed by atoms with E-state index in [-0.39, 0.29) is 18.1 Å². The minimum absolute atomic E-state index is 0.0442. The Hall–Kier alpha value is -2.12. The van der Waals surface area contributed by atoms with Crippen LogP contribution in [0, 0.1) is 5.82 Å². The zero-order valence-corrected chi connectivity index (χ0v) is 11.6. The molecule has 1 aromatic heterocycles. The lowest BCUT2D eigenvalue weighted by Crippen LogP contribution is -2.21. The van der Waals surface area contributed by atoms with Gasteiger partial charge in [-0.25, -0.2) is 13.9 Å². The molecule has 0 fully saturated rings. The predicted octanol–water partition coefficient (Wildman–Crippen LogP) is 1.72. The second kappa shape index (κ2) is 6.55. The number of nitrogens with one attached hydrogen (secondary N) is 1. The molecule has 2 aromatic rings. The molecule has 0 saturated heterocycles. The molecule has 1 unspecified atom stereocenters. The average molecular weight is 314 g/mol. The van der Waals surface area contributed by atoms with Crippen molar-refractivity contribution in [3.8, 4) is 5.69 Å². The summed E-state index contributed by atoms with van der Waals surface area (Å²) in [5.74, 6) is -1.57. The molecule has 1 atom stereocenters. The van der Waals surface area contributed by atoms with Gasteiger partial charge >= 0.3 is 5.97 Å². The van der Waals surface area contributed by atoms with Crippen molar-refractivity contribution in [2.75, 3.05) is 17.7 Å². The van der Waals surface area contributed by atoms with Gasteiger partial charge in [-0.3, -0.25) is 0 Å². The van der Waals surface area contributed by atoms with Crippen LogP contribution in [0.25, 0.3) is 5.69 Å². The summed E-state index contributed by atoms with van der Waals surface area (Å²) in [5.41, 5.74) is 0.718. The van der Waals surface area contributed by atoms with Gasteiger partial charge in [-0.2, -0.15) is 5.10 Å². The first-order chi connectivity index (χ1) is 10.0. The van der Waals surface area contributed by atoms with Gasteiger partial charge in [0.1, 0.15) is 5.82 Å². The largest absolute Gasteiger partial charge is 0.476 e. The van der Waals surface area contributed by atoms with Crippen LogP contribution in [-0.4, -0.2) is 44.5 Å². The molecule has 0 spiro atoms. The number of anilines is 1. The summed E-state index contributed by atoms with van der Waals surface area (Å²) in [4.78, 5) is 10.8. The van der Waals surface area contributed by atoms with Crippen molar-refractivity contribution in [3.63, 3.8) is 0 Å². The Morgan fingerprint density at radius 3 is 2.86 bits per heavy atom. The molecule has 0 bridgehead atoms. The van der Waals surface area contributed by atoms with E-state index in [1.54, 1.807) is 0 Å². The fourth-order valence-corrected chi connectivity index (χ4v) is 1.81. The minimum Gasteiger partial charge on any atom is -0.476 e. The van der Waals surface area contributed by atoms with E-state index in [1.807, 2.05) is 0 Å². The molecule has 112 valence electrons. The van der Waals surface area contributed by atoms with E-state index in [2.05, 4.69) is 10.4 Å². The van der Waals surface area contributed by atoms with Crippen LogP contribution in [0.2, 0.25) is 0 Å². The summed E-state index contributed by atoms with van der Waals surface area (Å²) in [6.07, 6.45) is 0.676. The van der Waals surface area contributed by atoms with E-state index < -0.39 is 17.9 Å². The number of carbonyl (C=O) groups is 1. The van der Waals surface area contributed by atoms with Gasteiger partial charge in [-0.1, -0.05) is 0 Å². The van der Waals surface area contributed by atoms with Crippen molar-refractivity contribution >= 4 is 23.3 Å². The standard InChI is InChI=1S/C13H13ClFN3O3/c14-6-9(19)7-16-11-5-8(15)1-2-12(11)18-4-3-10(17-18)13(20)21/h1-5,9,16,19H,6-7H2,(H,20,21). The lowest BCUT2D eigenvalue weighted by Gasteiger charge is -2.14. The molecule has 2 rings (SSSR count). The SMILES string of the molecule is O=C(O)c1ccn(-c2ccc(F)cc2NCC(O)CCl)n1. The molecule has 0 aliphatic carbocycles. The van der Waals surface area contributed by atoms with Gasteiger partial charge in [0.15, 0.2) is 5.69 Å². The average Bonchev–Trinajstić information content (AvgIpc) is 2.94. The second-order valence-corrected chi connectivity index (χ2v) is 4.61. The molecule has 0 saturated carbocycles. The predicted molar refractivity (Wildman–Crippen MR) is 75.7 cm³/mol. The number of aromatic nitrogens is 2. The van der Waals surface area contributed by atoms with Crippen molar-refractivity contribution in [3.05, 3.63) is 42.0 Å². The maximum absolute atomic E-state index is 13.4. The Labute approximate surface area is 124 Å². The van der Waals surface area contributed by atoms with Crippen LogP contribution in [0.1, 0.15) is 10.5 Å². The number of halogens is 2. The highest BCUT2D eigenvalue weighted by Gasteiger charge is 2.12. The number of nitrogens with zero attached hydrogens (tertiary/aromatic N) is 2. The molecule has 6 nitrogen and oxygen atoms in total. The van der Waals surface area contributed by atoms with Gasteiger partial charge in [-0.05, 0) is 24.3 Å². The Bertz CT molecular complexity index is 647. The number of alkyl halides is 1.